The normalized spacial score (nSPS) is 11.9. The molecule has 28 heavy (non-hydrogen) atoms. The highest BCUT2D eigenvalue weighted by Gasteiger charge is 2.23. The molecule has 7 heteroatoms. The number of esters is 1. The summed E-state index contributed by atoms with van der Waals surface area (Å²) in [5.41, 5.74) is 2.55. The second-order valence-electron chi connectivity index (χ2n) is 6.06. The fourth-order valence-electron chi connectivity index (χ4n) is 2.87. The van der Waals surface area contributed by atoms with Gasteiger partial charge in [0.25, 0.3) is 0 Å². The molecule has 0 radical (unpaired) electrons. The van der Waals surface area contributed by atoms with Gasteiger partial charge in [0.15, 0.2) is 0 Å². The second kappa shape index (κ2) is 7.70. The molecule has 0 aliphatic carbocycles. The highest BCUT2D eigenvalue weighted by Crippen LogP contribution is 2.26. The van der Waals surface area contributed by atoms with Gasteiger partial charge >= 0.3 is 5.97 Å². The third-order valence-electron chi connectivity index (χ3n) is 4.28. The van der Waals surface area contributed by atoms with E-state index in [0.29, 0.717) is 21.9 Å². The maximum absolute atomic E-state index is 12.8. The van der Waals surface area contributed by atoms with Gasteiger partial charge in [-0.1, -0.05) is 35.0 Å². The molecule has 1 heterocycles. The van der Waals surface area contributed by atoms with Crippen molar-refractivity contribution in [3.8, 4) is 5.75 Å². The van der Waals surface area contributed by atoms with Crippen LogP contribution in [0.25, 0.3) is 11.0 Å². The summed E-state index contributed by atoms with van der Waals surface area (Å²) in [6, 6.07) is 21.3. The van der Waals surface area contributed by atoms with Crippen molar-refractivity contribution in [3.63, 3.8) is 0 Å². The lowest BCUT2D eigenvalue weighted by Gasteiger charge is -2.19. The summed E-state index contributed by atoms with van der Waals surface area (Å²) in [5.74, 6) is 0.190. The molecule has 0 N–H and O–H groups in total. The van der Waals surface area contributed by atoms with Crippen LogP contribution in [0.1, 0.15) is 22.1 Å². The fraction of sp³-hybridized carbons (Fsp3) is 0.0952. The first kappa shape index (κ1) is 18.0. The number of hydrogen-bond donors (Lipinski definition) is 0. The van der Waals surface area contributed by atoms with E-state index in [1.165, 1.54) is 0 Å². The molecule has 0 fully saturated rings. The summed E-state index contributed by atoms with van der Waals surface area (Å²) in [6.45, 7) is 0. The van der Waals surface area contributed by atoms with Gasteiger partial charge in [0.2, 0.25) is 6.23 Å². The topological polar surface area (TPSA) is 66.2 Å². The number of para-hydroxylation sites is 1. The van der Waals surface area contributed by atoms with Crippen LogP contribution in [-0.2, 0) is 4.74 Å². The van der Waals surface area contributed by atoms with Crippen LogP contribution in [0.15, 0.2) is 72.8 Å². The number of halogens is 1. The summed E-state index contributed by atoms with van der Waals surface area (Å²) in [7, 11) is 1.59. The third-order valence-corrected chi connectivity index (χ3v) is 4.51. The van der Waals surface area contributed by atoms with Crippen LogP contribution in [-0.4, -0.2) is 28.1 Å². The van der Waals surface area contributed by atoms with Crippen LogP contribution in [0.4, 0.5) is 0 Å². The molecule has 0 bridgehead atoms. The largest absolute Gasteiger partial charge is 0.497 e. The minimum atomic E-state index is -0.801. The van der Waals surface area contributed by atoms with Gasteiger partial charge in [0.1, 0.15) is 11.3 Å². The predicted molar refractivity (Wildman–Crippen MR) is 106 cm³/mol. The van der Waals surface area contributed by atoms with E-state index >= 15 is 0 Å². The fourth-order valence-corrected chi connectivity index (χ4v) is 3.06. The quantitative estimate of drug-likeness (QED) is 0.467. The van der Waals surface area contributed by atoms with Crippen molar-refractivity contribution in [3.05, 3.63) is 88.9 Å². The molecule has 3 aromatic carbocycles. The van der Waals surface area contributed by atoms with E-state index in [0.717, 1.165) is 11.1 Å². The average Bonchev–Trinajstić information content (AvgIpc) is 3.16. The number of aromatic nitrogens is 3. The molecule has 0 saturated carbocycles. The molecule has 1 aromatic heterocycles. The Kier molecular flexibility index (Phi) is 4.95. The van der Waals surface area contributed by atoms with Crippen molar-refractivity contribution in [2.75, 3.05) is 7.11 Å². The maximum Gasteiger partial charge on any atom is 0.340 e. The number of hydrogen-bond acceptors (Lipinski definition) is 5. The molecular formula is C21H16ClN3O3. The first-order chi connectivity index (χ1) is 13.7. The Morgan fingerprint density at radius 1 is 1.04 bits per heavy atom. The van der Waals surface area contributed by atoms with Gasteiger partial charge in [-0.2, -0.15) is 0 Å². The molecule has 0 saturated heterocycles. The lowest BCUT2D eigenvalue weighted by atomic mass is 10.1. The number of ether oxygens (including phenoxy) is 2. The molecule has 4 aromatic rings. The third kappa shape index (κ3) is 3.54. The first-order valence-corrected chi connectivity index (χ1v) is 8.94. The smallest absolute Gasteiger partial charge is 0.340 e. The van der Waals surface area contributed by atoms with Gasteiger partial charge in [0.05, 0.1) is 18.2 Å². The Labute approximate surface area is 166 Å². The van der Waals surface area contributed by atoms with Crippen molar-refractivity contribution >= 4 is 28.6 Å². The lowest BCUT2D eigenvalue weighted by molar-refractivity contribution is 0.0196. The first-order valence-electron chi connectivity index (χ1n) is 8.56. The van der Waals surface area contributed by atoms with Gasteiger partial charge in [0, 0.05) is 10.6 Å². The van der Waals surface area contributed by atoms with E-state index in [2.05, 4.69) is 10.3 Å². The Morgan fingerprint density at radius 3 is 2.57 bits per heavy atom. The lowest BCUT2D eigenvalue weighted by Crippen LogP contribution is -2.20. The van der Waals surface area contributed by atoms with Crippen molar-refractivity contribution < 1.29 is 14.3 Å². The standard InChI is InChI=1S/C21H16ClN3O3/c1-27-17-11-9-14(10-12-17)20(25-19-8-3-2-7-18(19)23-24-25)28-21(26)15-5-4-6-16(22)13-15/h2-13,20H,1H3. The number of carbonyl (C=O) groups is 1. The zero-order valence-corrected chi connectivity index (χ0v) is 15.7. The van der Waals surface area contributed by atoms with Gasteiger partial charge in [-0.15, -0.1) is 5.10 Å². The molecule has 0 aliphatic heterocycles. The SMILES string of the molecule is COc1ccc(C(OC(=O)c2cccc(Cl)c2)n2nnc3ccccc32)cc1. The number of fused-ring (bicyclic) bond motifs is 1. The van der Waals surface area contributed by atoms with Crippen LogP contribution in [0.3, 0.4) is 0 Å². The number of methoxy groups -OCH3 is 1. The van der Waals surface area contributed by atoms with Crippen LogP contribution < -0.4 is 4.74 Å². The van der Waals surface area contributed by atoms with Crippen LogP contribution in [0.5, 0.6) is 5.75 Å². The van der Waals surface area contributed by atoms with E-state index < -0.39 is 12.2 Å². The Balaban J connectivity index is 1.75. The summed E-state index contributed by atoms with van der Waals surface area (Å²) < 4.78 is 12.6. The average molecular weight is 394 g/mol. The van der Waals surface area contributed by atoms with Crippen LogP contribution in [0, 0.1) is 0 Å². The van der Waals surface area contributed by atoms with Crippen molar-refractivity contribution in [2.24, 2.45) is 0 Å². The van der Waals surface area contributed by atoms with E-state index in [4.69, 9.17) is 21.1 Å². The van der Waals surface area contributed by atoms with E-state index in [1.807, 2.05) is 36.4 Å². The zero-order chi connectivity index (χ0) is 19.5. The van der Waals surface area contributed by atoms with Crippen molar-refractivity contribution in [2.45, 2.75) is 6.23 Å². The highest BCUT2D eigenvalue weighted by atomic mass is 35.5. The summed E-state index contributed by atoms with van der Waals surface area (Å²) in [6.07, 6.45) is -0.801. The molecule has 4 rings (SSSR count). The molecular weight excluding hydrogens is 378 g/mol. The molecule has 6 nitrogen and oxygen atoms in total. The monoisotopic (exact) mass is 393 g/mol. The van der Waals surface area contributed by atoms with Crippen molar-refractivity contribution in [1.29, 1.82) is 0 Å². The molecule has 0 aliphatic rings. The van der Waals surface area contributed by atoms with Crippen LogP contribution >= 0.6 is 11.6 Å². The Bertz CT molecular complexity index is 1130. The van der Waals surface area contributed by atoms with Crippen molar-refractivity contribution in [1.82, 2.24) is 15.0 Å². The molecule has 0 amide bonds. The van der Waals surface area contributed by atoms with Gasteiger partial charge in [-0.25, -0.2) is 9.48 Å². The number of nitrogens with zero attached hydrogens (tertiary/aromatic N) is 3. The molecule has 0 spiro atoms. The summed E-state index contributed by atoms with van der Waals surface area (Å²) >= 11 is 6.00. The predicted octanol–water partition coefficient (Wildman–Crippen LogP) is 4.50. The van der Waals surface area contributed by atoms with Gasteiger partial charge in [-0.05, 0) is 54.6 Å². The second-order valence-corrected chi connectivity index (χ2v) is 6.50. The molecule has 1 atom stereocenters. The van der Waals surface area contributed by atoms with E-state index in [-0.39, 0.29) is 0 Å². The number of carbonyl (C=O) groups excluding carboxylic acids is 1. The minimum absolute atomic E-state index is 0.357. The van der Waals surface area contributed by atoms with E-state index in [9.17, 15) is 4.79 Å². The van der Waals surface area contributed by atoms with Gasteiger partial charge < -0.3 is 9.47 Å². The summed E-state index contributed by atoms with van der Waals surface area (Å²) in [5, 5.41) is 8.84. The molecule has 140 valence electrons. The molecule has 1 unspecified atom stereocenters. The number of benzene rings is 3. The van der Waals surface area contributed by atoms with Gasteiger partial charge in [-0.3, -0.25) is 0 Å². The number of rotatable bonds is 5. The minimum Gasteiger partial charge on any atom is -0.497 e. The maximum atomic E-state index is 12.8. The Hall–Kier alpha value is -3.38. The zero-order valence-electron chi connectivity index (χ0n) is 14.9. The highest BCUT2D eigenvalue weighted by molar-refractivity contribution is 6.30. The van der Waals surface area contributed by atoms with Crippen LogP contribution in [0.2, 0.25) is 5.02 Å². The summed E-state index contributed by atoms with van der Waals surface area (Å²) in [4.78, 5) is 12.8. The van der Waals surface area contributed by atoms with E-state index in [1.54, 1.807) is 48.2 Å². The Morgan fingerprint density at radius 2 is 1.82 bits per heavy atom.